The van der Waals surface area contributed by atoms with Crippen molar-refractivity contribution in [1.82, 2.24) is 0 Å². The molecule has 0 spiro atoms. The molecule has 1 aliphatic heterocycles. The van der Waals surface area contributed by atoms with E-state index in [-0.39, 0.29) is 17.3 Å². The Morgan fingerprint density at radius 2 is 2.13 bits per heavy atom. The van der Waals surface area contributed by atoms with E-state index in [1.54, 1.807) is 24.3 Å². The lowest BCUT2D eigenvalue weighted by Crippen LogP contribution is -2.07. The van der Waals surface area contributed by atoms with Crippen molar-refractivity contribution in [2.24, 2.45) is 4.99 Å². The Bertz CT molecular complexity index is 817. The molecule has 23 heavy (non-hydrogen) atoms. The molecule has 8 heteroatoms. The van der Waals surface area contributed by atoms with Crippen LogP contribution in [0.25, 0.3) is 6.08 Å². The molecule has 0 radical (unpaired) electrons. The lowest BCUT2D eigenvalue weighted by Gasteiger charge is -2.05. The summed E-state index contributed by atoms with van der Waals surface area (Å²) in [6.07, 6.45) is 1.55. The Balaban J connectivity index is 1.88. The summed E-state index contributed by atoms with van der Waals surface area (Å²) in [7, 11) is 0. The highest BCUT2D eigenvalue weighted by molar-refractivity contribution is 7.17. The van der Waals surface area contributed by atoms with E-state index in [1.807, 2.05) is 0 Å². The predicted molar refractivity (Wildman–Crippen MR) is 83.0 cm³/mol. The van der Waals surface area contributed by atoms with Crippen LogP contribution < -0.4 is 4.74 Å². The van der Waals surface area contributed by atoms with Gasteiger partial charge in [-0.15, -0.1) is 11.3 Å². The predicted octanol–water partition coefficient (Wildman–Crippen LogP) is 4.35. The number of carbonyl (C=O) groups excluding carboxylic acids is 1. The van der Waals surface area contributed by atoms with Crippen LogP contribution in [0.1, 0.15) is 10.4 Å². The second kappa shape index (κ2) is 6.47. The van der Waals surface area contributed by atoms with Crippen LogP contribution in [-0.4, -0.2) is 18.5 Å². The number of carbonyl (C=O) groups is 1. The molecular weight excluding hydrogens is 348 g/mol. The van der Waals surface area contributed by atoms with E-state index < -0.39 is 12.6 Å². The summed E-state index contributed by atoms with van der Waals surface area (Å²) in [6.45, 7) is -2.93. The largest absolute Gasteiger partial charge is 0.435 e. The van der Waals surface area contributed by atoms with Crippen LogP contribution in [-0.2, 0) is 9.53 Å². The number of benzene rings is 1. The van der Waals surface area contributed by atoms with Crippen LogP contribution in [0.3, 0.4) is 0 Å². The third-order valence-corrected chi connectivity index (χ3v) is 3.98. The van der Waals surface area contributed by atoms with Crippen molar-refractivity contribution in [3.63, 3.8) is 0 Å². The number of thiophene rings is 1. The molecule has 0 unspecified atom stereocenters. The van der Waals surface area contributed by atoms with Gasteiger partial charge in [0, 0.05) is 10.4 Å². The number of halogens is 3. The molecule has 2 heterocycles. The van der Waals surface area contributed by atoms with Crippen molar-refractivity contribution in [3.8, 4) is 5.75 Å². The van der Waals surface area contributed by atoms with E-state index in [0.717, 1.165) is 4.88 Å². The topological polar surface area (TPSA) is 47.9 Å². The van der Waals surface area contributed by atoms with Gasteiger partial charge >= 0.3 is 12.6 Å². The van der Waals surface area contributed by atoms with Crippen molar-refractivity contribution >= 4 is 40.9 Å². The van der Waals surface area contributed by atoms with E-state index in [9.17, 15) is 13.6 Å². The van der Waals surface area contributed by atoms with Gasteiger partial charge in [0.05, 0.1) is 4.34 Å². The number of hydrogen-bond donors (Lipinski definition) is 0. The molecule has 0 bridgehead atoms. The second-order valence-electron chi connectivity index (χ2n) is 4.38. The zero-order valence-corrected chi connectivity index (χ0v) is 12.9. The SMILES string of the molecule is O=C1OC(c2cccc(OC(F)F)c2)=N/C1=C\c1ccc(Cl)s1. The number of esters is 1. The van der Waals surface area contributed by atoms with Crippen LogP contribution in [0, 0.1) is 0 Å². The highest BCUT2D eigenvalue weighted by atomic mass is 35.5. The Hall–Kier alpha value is -2.25. The van der Waals surface area contributed by atoms with Gasteiger partial charge in [-0.2, -0.15) is 8.78 Å². The smallest absolute Gasteiger partial charge is 0.387 e. The maximum absolute atomic E-state index is 12.2. The first-order chi connectivity index (χ1) is 11.0. The first kappa shape index (κ1) is 15.6. The van der Waals surface area contributed by atoms with Crippen LogP contribution in [0.4, 0.5) is 8.78 Å². The average molecular weight is 356 g/mol. The Labute approximate surface area is 138 Å². The van der Waals surface area contributed by atoms with E-state index in [2.05, 4.69) is 9.73 Å². The molecule has 2 aromatic rings. The average Bonchev–Trinajstić information content (AvgIpc) is 3.06. The minimum atomic E-state index is -2.93. The summed E-state index contributed by atoms with van der Waals surface area (Å²) in [5.74, 6) is -0.632. The highest BCUT2D eigenvalue weighted by Crippen LogP contribution is 2.26. The Morgan fingerprint density at radius 3 is 2.83 bits per heavy atom. The number of cyclic esters (lactones) is 1. The van der Waals surface area contributed by atoms with E-state index in [0.29, 0.717) is 9.90 Å². The van der Waals surface area contributed by atoms with E-state index in [1.165, 1.54) is 29.5 Å². The van der Waals surface area contributed by atoms with Gasteiger partial charge in [-0.3, -0.25) is 0 Å². The molecule has 1 aliphatic rings. The van der Waals surface area contributed by atoms with Gasteiger partial charge in [0.25, 0.3) is 0 Å². The number of aliphatic imine (C=N–C) groups is 1. The van der Waals surface area contributed by atoms with Gasteiger partial charge in [-0.25, -0.2) is 9.79 Å². The molecule has 0 fully saturated rings. The first-order valence-corrected chi connectivity index (χ1v) is 7.54. The van der Waals surface area contributed by atoms with Crippen LogP contribution in [0.2, 0.25) is 4.34 Å². The summed E-state index contributed by atoms with van der Waals surface area (Å²) in [5.41, 5.74) is 0.475. The van der Waals surface area contributed by atoms with E-state index in [4.69, 9.17) is 16.3 Å². The molecular formula is C15H8ClF2NO3S. The van der Waals surface area contributed by atoms with Crippen LogP contribution in [0.15, 0.2) is 47.1 Å². The lowest BCUT2D eigenvalue weighted by atomic mass is 10.2. The molecule has 0 aliphatic carbocycles. The van der Waals surface area contributed by atoms with Gasteiger partial charge in [-0.1, -0.05) is 17.7 Å². The van der Waals surface area contributed by atoms with Gasteiger partial charge in [0.1, 0.15) is 5.75 Å². The summed E-state index contributed by atoms with van der Waals surface area (Å²) in [4.78, 5) is 16.7. The summed E-state index contributed by atoms with van der Waals surface area (Å²) in [6, 6.07) is 9.23. The molecule has 0 N–H and O–H groups in total. The van der Waals surface area contributed by atoms with Gasteiger partial charge in [-0.05, 0) is 36.4 Å². The molecule has 3 rings (SSSR count). The number of nitrogens with zero attached hydrogens (tertiary/aromatic N) is 1. The summed E-state index contributed by atoms with van der Waals surface area (Å²) >= 11 is 7.12. The van der Waals surface area contributed by atoms with E-state index >= 15 is 0 Å². The van der Waals surface area contributed by atoms with Gasteiger partial charge in [0.2, 0.25) is 5.90 Å². The Kier molecular flexibility index (Phi) is 4.40. The van der Waals surface area contributed by atoms with Crippen LogP contribution >= 0.6 is 22.9 Å². The third kappa shape index (κ3) is 3.75. The van der Waals surface area contributed by atoms with Gasteiger partial charge in [0.15, 0.2) is 5.70 Å². The monoisotopic (exact) mass is 355 g/mol. The fourth-order valence-corrected chi connectivity index (χ4v) is 2.88. The first-order valence-electron chi connectivity index (χ1n) is 6.34. The number of hydrogen-bond acceptors (Lipinski definition) is 5. The summed E-state index contributed by atoms with van der Waals surface area (Å²) < 4.78 is 34.5. The molecule has 0 amide bonds. The normalized spacial score (nSPS) is 15.9. The van der Waals surface area contributed by atoms with Crippen molar-refractivity contribution in [1.29, 1.82) is 0 Å². The van der Waals surface area contributed by atoms with Crippen molar-refractivity contribution in [2.75, 3.05) is 0 Å². The molecule has 1 aromatic heterocycles. The fourth-order valence-electron chi connectivity index (χ4n) is 1.88. The maximum atomic E-state index is 12.2. The number of rotatable bonds is 4. The zero-order chi connectivity index (χ0) is 16.4. The third-order valence-electron chi connectivity index (χ3n) is 2.80. The van der Waals surface area contributed by atoms with Crippen molar-refractivity contribution in [3.05, 3.63) is 56.9 Å². The number of alkyl halides is 2. The van der Waals surface area contributed by atoms with Gasteiger partial charge < -0.3 is 9.47 Å². The molecule has 0 saturated carbocycles. The van der Waals surface area contributed by atoms with Crippen molar-refractivity contribution in [2.45, 2.75) is 6.61 Å². The van der Waals surface area contributed by atoms with Crippen molar-refractivity contribution < 1.29 is 23.0 Å². The lowest BCUT2D eigenvalue weighted by molar-refractivity contribution is -0.129. The molecule has 0 saturated heterocycles. The number of ether oxygens (including phenoxy) is 2. The minimum absolute atomic E-state index is 0.0311. The molecule has 1 aromatic carbocycles. The second-order valence-corrected chi connectivity index (χ2v) is 6.13. The quantitative estimate of drug-likeness (QED) is 0.605. The molecule has 4 nitrogen and oxygen atoms in total. The minimum Gasteiger partial charge on any atom is -0.435 e. The molecule has 0 atom stereocenters. The fraction of sp³-hybridized carbons (Fsp3) is 0.0667. The molecule has 118 valence electrons. The highest BCUT2D eigenvalue weighted by Gasteiger charge is 2.24. The summed E-state index contributed by atoms with van der Waals surface area (Å²) in [5, 5.41) is 0. The standard InChI is InChI=1S/C15H8ClF2NO3S/c16-12-5-4-10(23-12)7-11-14(20)22-13(19-11)8-2-1-3-9(6-8)21-15(17)18/h1-7,15H/b11-7-. The van der Waals surface area contributed by atoms with Crippen LogP contribution in [0.5, 0.6) is 5.75 Å². The Morgan fingerprint density at radius 1 is 1.30 bits per heavy atom. The maximum Gasteiger partial charge on any atom is 0.387 e. The zero-order valence-electron chi connectivity index (χ0n) is 11.3.